The molecular weight excluding hydrogens is 424 g/mol. The molecule has 1 amide bonds. The van der Waals surface area contributed by atoms with E-state index in [2.05, 4.69) is 40.7 Å². The molecule has 0 spiro atoms. The van der Waals surface area contributed by atoms with E-state index in [1.165, 1.54) is 5.56 Å². The lowest BCUT2D eigenvalue weighted by molar-refractivity contribution is -0.132. The number of hydrogen-bond acceptors (Lipinski definition) is 4. The van der Waals surface area contributed by atoms with Crippen molar-refractivity contribution in [3.05, 3.63) is 41.0 Å². The largest absolute Gasteiger partial charge is 0.380 e. The first-order valence-corrected chi connectivity index (χ1v) is 13.3. The first kappa shape index (κ1) is 23.3. The van der Waals surface area contributed by atoms with Crippen LogP contribution in [0, 0.1) is 17.3 Å². The molecule has 1 saturated carbocycles. The summed E-state index contributed by atoms with van der Waals surface area (Å²) in [7, 11) is -4.02. The first-order valence-electron chi connectivity index (χ1n) is 11.8. The van der Waals surface area contributed by atoms with Crippen LogP contribution in [0.25, 0.3) is 0 Å². The topological polar surface area (TPSA) is 89.7 Å². The number of nitrogens with zero attached hydrogens (tertiary/aromatic N) is 1. The summed E-state index contributed by atoms with van der Waals surface area (Å²) < 4.78 is 27.5. The number of carbonyl (C=O) groups excluding carboxylic acids is 1. The number of amides is 1. The van der Waals surface area contributed by atoms with E-state index in [1.807, 2.05) is 17.0 Å². The van der Waals surface area contributed by atoms with Gasteiger partial charge >= 0.3 is 10.3 Å². The Morgan fingerprint density at radius 3 is 2.50 bits per heavy atom. The Morgan fingerprint density at radius 1 is 1.19 bits per heavy atom. The smallest absolute Gasteiger partial charge is 0.371 e. The molecular formula is C25H36N2O4S. The third kappa shape index (κ3) is 3.98. The van der Waals surface area contributed by atoms with Crippen LogP contribution >= 0.6 is 0 Å². The molecule has 4 unspecified atom stereocenters. The minimum Gasteiger partial charge on any atom is -0.371 e. The van der Waals surface area contributed by atoms with Gasteiger partial charge in [0.05, 0.1) is 0 Å². The summed E-state index contributed by atoms with van der Waals surface area (Å²) in [4.78, 5) is 15.6. The quantitative estimate of drug-likeness (QED) is 0.709. The highest BCUT2D eigenvalue weighted by atomic mass is 32.2. The van der Waals surface area contributed by atoms with Crippen LogP contribution in [0.5, 0.6) is 5.75 Å². The maximum Gasteiger partial charge on any atom is 0.380 e. The molecule has 1 aromatic carbocycles. The van der Waals surface area contributed by atoms with E-state index >= 15 is 0 Å². The average Bonchev–Trinajstić information content (AvgIpc) is 3.03. The molecule has 4 rings (SSSR count). The molecule has 6 nitrogen and oxygen atoms in total. The van der Waals surface area contributed by atoms with Gasteiger partial charge < -0.3 is 9.08 Å². The first-order chi connectivity index (χ1) is 14.9. The highest BCUT2D eigenvalue weighted by Gasteiger charge is 2.53. The minimum atomic E-state index is -4.02. The lowest BCUT2D eigenvalue weighted by atomic mass is 9.54. The molecule has 2 N–H and O–H groups in total. The second-order valence-electron chi connectivity index (χ2n) is 10.6. The minimum absolute atomic E-state index is 0.0749. The van der Waals surface area contributed by atoms with Gasteiger partial charge in [0.25, 0.3) is 0 Å². The van der Waals surface area contributed by atoms with Crippen LogP contribution in [0.4, 0.5) is 0 Å². The monoisotopic (exact) mass is 460 g/mol. The third-order valence-electron chi connectivity index (χ3n) is 8.07. The van der Waals surface area contributed by atoms with Crippen LogP contribution < -0.4 is 9.32 Å². The fraction of sp³-hybridized carbons (Fsp3) is 0.640. The van der Waals surface area contributed by atoms with Gasteiger partial charge in [0.15, 0.2) is 0 Å². The van der Waals surface area contributed by atoms with Gasteiger partial charge in [-0.15, -0.1) is 0 Å². The molecule has 0 saturated heterocycles. The van der Waals surface area contributed by atoms with E-state index in [0.29, 0.717) is 17.8 Å². The summed E-state index contributed by atoms with van der Waals surface area (Å²) in [5.41, 5.74) is 3.40. The van der Waals surface area contributed by atoms with Crippen LogP contribution in [-0.4, -0.2) is 31.3 Å². The van der Waals surface area contributed by atoms with Crippen LogP contribution in [0.2, 0.25) is 0 Å². The van der Waals surface area contributed by atoms with Gasteiger partial charge in [-0.2, -0.15) is 13.6 Å². The number of benzene rings is 1. The third-order valence-corrected chi connectivity index (χ3v) is 8.49. The van der Waals surface area contributed by atoms with E-state index in [1.54, 1.807) is 6.07 Å². The van der Waals surface area contributed by atoms with Crippen molar-refractivity contribution in [2.75, 3.05) is 0 Å². The van der Waals surface area contributed by atoms with Crippen molar-refractivity contribution >= 4 is 16.2 Å². The van der Waals surface area contributed by atoms with E-state index < -0.39 is 10.3 Å². The zero-order valence-electron chi connectivity index (χ0n) is 19.8. The summed E-state index contributed by atoms with van der Waals surface area (Å²) >= 11 is 0. The summed E-state index contributed by atoms with van der Waals surface area (Å²) in [6, 6.07) is 5.91. The number of fused-ring (bicyclic) bond motifs is 5. The molecule has 0 radical (unpaired) electrons. The highest BCUT2D eigenvalue weighted by molar-refractivity contribution is 7.84. The molecule has 0 bridgehead atoms. The maximum absolute atomic E-state index is 13.6. The number of nitrogens with two attached hydrogens (primary N) is 1. The molecule has 3 aliphatic carbocycles. The predicted molar refractivity (Wildman–Crippen MR) is 125 cm³/mol. The Morgan fingerprint density at radius 2 is 1.88 bits per heavy atom. The summed E-state index contributed by atoms with van der Waals surface area (Å²) in [6.45, 7) is 10.7. The van der Waals surface area contributed by atoms with Gasteiger partial charge in [-0.3, -0.25) is 4.79 Å². The van der Waals surface area contributed by atoms with Crippen molar-refractivity contribution in [1.29, 1.82) is 0 Å². The van der Waals surface area contributed by atoms with Crippen molar-refractivity contribution in [2.24, 2.45) is 22.4 Å². The second-order valence-corrected chi connectivity index (χ2v) is 11.7. The fourth-order valence-electron chi connectivity index (χ4n) is 6.85. The number of carbonyl (C=O) groups is 1. The molecule has 1 fully saturated rings. The van der Waals surface area contributed by atoms with Crippen LogP contribution in [0.1, 0.15) is 77.3 Å². The standard InChI is InChI=1S/C25H36N2O4S/c1-15(2)27(16(3)4)24(28)23-11-10-22-21-8-6-17-14-18(31-32(26,29)30)7-9-19(17)20(21)12-13-25(22,23)5/h7,9,11,14-16,20-22H,6,8,10,12-13H2,1-5H3,(H2,26,29,30). The highest BCUT2D eigenvalue weighted by Crippen LogP contribution is 2.61. The van der Waals surface area contributed by atoms with Crippen molar-refractivity contribution in [3.63, 3.8) is 0 Å². The predicted octanol–water partition coefficient (Wildman–Crippen LogP) is 4.31. The van der Waals surface area contributed by atoms with Gasteiger partial charge in [-0.25, -0.2) is 0 Å². The fourth-order valence-corrected chi connectivity index (χ4v) is 7.22. The normalized spacial score (nSPS) is 29.2. The van der Waals surface area contributed by atoms with Crippen molar-refractivity contribution in [3.8, 4) is 5.75 Å². The van der Waals surface area contributed by atoms with E-state index in [9.17, 15) is 13.2 Å². The molecule has 32 heavy (non-hydrogen) atoms. The van der Waals surface area contributed by atoms with Gasteiger partial charge in [0.2, 0.25) is 5.91 Å². The van der Waals surface area contributed by atoms with Gasteiger partial charge in [0.1, 0.15) is 5.75 Å². The molecule has 3 aliphatic rings. The average molecular weight is 461 g/mol. The van der Waals surface area contributed by atoms with Gasteiger partial charge in [-0.1, -0.05) is 19.1 Å². The second kappa shape index (κ2) is 8.17. The van der Waals surface area contributed by atoms with Crippen molar-refractivity contribution in [2.45, 2.75) is 84.7 Å². The molecule has 1 aromatic rings. The molecule has 7 heteroatoms. The zero-order chi connectivity index (χ0) is 23.4. The molecule has 0 aromatic heterocycles. The molecule has 176 valence electrons. The molecule has 4 atom stereocenters. The Balaban J connectivity index is 1.58. The Kier molecular flexibility index (Phi) is 5.95. The Hall–Kier alpha value is -1.86. The number of allylic oxidation sites excluding steroid dienone is 1. The lowest BCUT2D eigenvalue weighted by Crippen LogP contribution is -2.48. The van der Waals surface area contributed by atoms with Crippen molar-refractivity contribution < 1.29 is 17.4 Å². The van der Waals surface area contributed by atoms with Crippen LogP contribution in [0.15, 0.2) is 29.8 Å². The van der Waals surface area contributed by atoms with E-state index in [0.717, 1.165) is 43.2 Å². The Labute approximate surface area is 192 Å². The van der Waals surface area contributed by atoms with E-state index in [-0.39, 0.29) is 29.2 Å². The SMILES string of the molecule is CC(C)N(C(=O)C1=CCC2C3CCc4cc(OS(N)(=O)=O)ccc4C3CCC12C)C(C)C. The van der Waals surface area contributed by atoms with E-state index in [4.69, 9.17) is 9.32 Å². The molecule has 0 heterocycles. The lowest BCUT2D eigenvalue weighted by Gasteiger charge is -2.50. The zero-order valence-corrected chi connectivity index (χ0v) is 20.6. The molecule has 0 aliphatic heterocycles. The van der Waals surface area contributed by atoms with Crippen LogP contribution in [-0.2, 0) is 21.5 Å². The van der Waals surface area contributed by atoms with Crippen LogP contribution in [0.3, 0.4) is 0 Å². The summed E-state index contributed by atoms with van der Waals surface area (Å²) in [5, 5.41) is 5.03. The van der Waals surface area contributed by atoms with Crippen molar-refractivity contribution in [1.82, 2.24) is 4.90 Å². The number of rotatable bonds is 5. The van der Waals surface area contributed by atoms with Gasteiger partial charge in [-0.05, 0) is 101 Å². The summed E-state index contributed by atoms with van der Waals surface area (Å²) in [5.74, 6) is 1.92. The maximum atomic E-state index is 13.6. The number of aryl methyl sites for hydroxylation is 1. The number of hydrogen-bond donors (Lipinski definition) is 1. The summed E-state index contributed by atoms with van der Waals surface area (Å²) in [6.07, 6.45) is 7.15. The van der Waals surface area contributed by atoms with Gasteiger partial charge in [0, 0.05) is 23.1 Å². The Bertz CT molecular complexity index is 1040.